The number of aryl methyl sites for hydroxylation is 1. The Labute approximate surface area is 118 Å². The van der Waals surface area contributed by atoms with Crippen LogP contribution in [0.25, 0.3) is 0 Å². The van der Waals surface area contributed by atoms with Gasteiger partial charge in [-0.25, -0.2) is 0 Å². The molecular weight excluding hydrogens is 230 g/mol. The van der Waals surface area contributed by atoms with Crippen LogP contribution in [0.1, 0.15) is 56.1 Å². The Bertz CT molecular complexity index is 422. The van der Waals surface area contributed by atoms with E-state index in [2.05, 4.69) is 50.1 Å². The molecule has 0 amide bonds. The average Bonchev–Trinajstić information content (AvgIpc) is 2.65. The smallest absolute Gasteiger partial charge is 0.0130 e. The van der Waals surface area contributed by atoms with Crippen LogP contribution in [0.3, 0.4) is 0 Å². The fraction of sp³-hybridized carbons (Fsp3) is 0.667. The predicted octanol–water partition coefficient (Wildman–Crippen LogP) is 4.36. The Morgan fingerprint density at radius 1 is 1.16 bits per heavy atom. The summed E-state index contributed by atoms with van der Waals surface area (Å²) in [7, 11) is 2.36. The second-order valence-electron chi connectivity index (χ2n) is 6.67. The minimum Gasteiger partial charge on any atom is -0.300 e. The van der Waals surface area contributed by atoms with Gasteiger partial charge in [-0.1, -0.05) is 43.2 Å². The van der Waals surface area contributed by atoms with Crippen molar-refractivity contribution in [3.05, 3.63) is 35.4 Å². The fourth-order valence-corrected chi connectivity index (χ4v) is 4.50. The molecule has 1 nitrogen and oxygen atoms in total. The summed E-state index contributed by atoms with van der Waals surface area (Å²) in [5, 5.41) is 0. The number of nitrogens with zero attached hydrogens (tertiary/aromatic N) is 1. The monoisotopic (exact) mass is 257 g/mol. The van der Waals surface area contributed by atoms with Crippen molar-refractivity contribution in [2.24, 2.45) is 5.92 Å². The van der Waals surface area contributed by atoms with E-state index in [4.69, 9.17) is 0 Å². The molecule has 0 aliphatic carbocycles. The Morgan fingerprint density at radius 3 is 2.58 bits per heavy atom. The van der Waals surface area contributed by atoms with Crippen LogP contribution >= 0.6 is 0 Å². The summed E-state index contributed by atoms with van der Waals surface area (Å²) in [6.45, 7) is 4.53. The van der Waals surface area contributed by atoms with Crippen molar-refractivity contribution >= 4 is 0 Å². The van der Waals surface area contributed by atoms with E-state index < -0.39 is 0 Å². The fourth-order valence-electron chi connectivity index (χ4n) is 4.50. The Kier molecular flexibility index (Phi) is 3.66. The molecule has 2 bridgehead atoms. The van der Waals surface area contributed by atoms with Crippen LogP contribution in [0.4, 0.5) is 0 Å². The topological polar surface area (TPSA) is 3.24 Å². The highest BCUT2D eigenvalue weighted by Gasteiger charge is 2.45. The van der Waals surface area contributed by atoms with Crippen LogP contribution in [-0.4, -0.2) is 24.0 Å². The summed E-state index contributed by atoms with van der Waals surface area (Å²) >= 11 is 0. The highest BCUT2D eigenvalue weighted by atomic mass is 15.2. The normalized spacial score (nSPS) is 34.7. The molecule has 0 spiro atoms. The first-order chi connectivity index (χ1) is 9.20. The van der Waals surface area contributed by atoms with Gasteiger partial charge in [-0.2, -0.15) is 0 Å². The Hall–Kier alpha value is -0.820. The lowest BCUT2D eigenvalue weighted by Gasteiger charge is -2.43. The number of piperidine rings is 1. The van der Waals surface area contributed by atoms with Crippen molar-refractivity contribution in [1.29, 1.82) is 0 Å². The number of fused-ring (bicyclic) bond motifs is 2. The third-order valence-corrected chi connectivity index (χ3v) is 5.56. The highest BCUT2D eigenvalue weighted by molar-refractivity contribution is 5.27. The van der Waals surface area contributed by atoms with Crippen LogP contribution in [0.5, 0.6) is 0 Å². The third-order valence-electron chi connectivity index (χ3n) is 5.56. The van der Waals surface area contributed by atoms with Crippen LogP contribution in [0.2, 0.25) is 0 Å². The highest BCUT2D eigenvalue weighted by Crippen LogP contribution is 2.47. The van der Waals surface area contributed by atoms with E-state index in [-0.39, 0.29) is 0 Å². The van der Waals surface area contributed by atoms with Crippen LogP contribution in [-0.2, 0) is 0 Å². The molecule has 1 aromatic rings. The van der Waals surface area contributed by atoms with Crippen molar-refractivity contribution in [3.8, 4) is 0 Å². The van der Waals surface area contributed by atoms with E-state index in [1.807, 2.05) is 0 Å². The summed E-state index contributed by atoms with van der Waals surface area (Å²) in [5.41, 5.74) is 2.97. The molecule has 0 saturated carbocycles. The van der Waals surface area contributed by atoms with Gasteiger partial charge in [0, 0.05) is 12.1 Å². The van der Waals surface area contributed by atoms with Crippen LogP contribution in [0, 0.1) is 12.8 Å². The quantitative estimate of drug-likeness (QED) is 0.777. The molecular formula is C18H27N. The number of hydrogen-bond acceptors (Lipinski definition) is 1. The predicted molar refractivity (Wildman–Crippen MR) is 81.5 cm³/mol. The molecule has 2 fully saturated rings. The maximum absolute atomic E-state index is 2.69. The zero-order valence-electron chi connectivity index (χ0n) is 12.6. The van der Waals surface area contributed by atoms with Crippen molar-refractivity contribution < 1.29 is 0 Å². The molecule has 1 heteroatoms. The molecule has 2 heterocycles. The zero-order valence-corrected chi connectivity index (χ0v) is 12.6. The maximum Gasteiger partial charge on any atom is 0.0130 e. The largest absolute Gasteiger partial charge is 0.300 e. The van der Waals surface area contributed by atoms with E-state index in [0.717, 1.165) is 23.9 Å². The third kappa shape index (κ3) is 2.33. The van der Waals surface area contributed by atoms with Gasteiger partial charge >= 0.3 is 0 Å². The second kappa shape index (κ2) is 5.28. The molecule has 4 atom stereocenters. The van der Waals surface area contributed by atoms with Gasteiger partial charge in [0.25, 0.3) is 0 Å². The van der Waals surface area contributed by atoms with Gasteiger partial charge in [0.2, 0.25) is 0 Å². The Balaban J connectivity index is 1.88. The van der Waals surface area contributed by atoms with Gasteiger partial charge in [0.05, 0.1) is 0 Å². The SMILES string of the molecule is CCC[C@@H]1[C@H]2CC[C@@H](C[C@H]1c1ccc(C)cc1)N2C. The molecule has 0 N–H and O–H groups in total. The minimum absolute atomic E-state index is 0.800. The molecule has 0 aromatic heterocycles. The lowest BCUT2D eigenvalue weighted by Crippen LogP contribution is -2.45. The van der Waals surface area contributed by atoms with Crippen molar-refractivity contribution in [1.82, 2.24) is 4.90 Å². The van der Waals surface area contributed by atoms with Gasteiger partial charge in [-0.05, 0) is 57.1 Å². The van der Waals surface area contributed by atoms with Gasteiger partial charge in [-0.15, -0.1) is 0 Å². The summed E-state index contributed by atoms with van der Waals surface area (Å²) in [5.74, 6) is 1.67. The van der Waals surface area contributed by atoms with E-state index in [9.17, 15) is 0 Å². The molecule has 1 aromatic carbocycles. The summed E-state index contributed by atoms with van der Waals surface area (Å²) in [4.78, 5) is 2.69. The number of rotatable bonds is 3. The standard InChI is InChI=1S/C18H27N/c1-4-5-16-17(14-8-6-13(2)7-9-14)12-15-10-11-18(16)19(15)3/h6-9,15-18H,4-5,10-12H2,1-3H3/t15-,16-,17-,18+/m0/s1. The zero-order chi connectivity index (χ0) is 13.4. The van der Waals surface area contributed by atoms with Gasteiger partial charge in [-0.3, -0.25) is 0 Å². The second-order valence-corrected chi connectivity index (χ2v) is 6.67. The van der Waals surface area contributed by atoms with Crippen molar-refractivity contribution in [3.63, 3.8) is 0 Å². The van der Waals surface area contributed by atoms with Crippen molar-refractivity contribution in [2.45, 2.75) is 64.0 Å². The molecule has 3 rings (SSSR count). The van der Waals surface area contributed by atoms with Crippen LogP contribution in [0.15, 0.2) is 24.3 Å². The average molecular weight is 257 g/mol. The van der Waals surface area contributed by atoms with Crippen LogP contribution < -0.4 is 0 Å². The minimum atomic E-state index is 0.800. The van der Waals surface area contributed by atoms with Gasteiger partial charge in [0.15, 0.2) is 0 Å². The van der Waals surface area contributed by atoms with Gasteiger partial charge in [0.1, 0.15) is 0 Å². The summed E-state index contributed by atoms with van der Waals surface area (Å²) in [6.07, 6.45) is 6.93. The molecule has 0 unspecified atom stereocenters. The lowest BCUT2D eigenvalue weighted by molar-refractivity contribution is 0.0940. The maximum atomic E-state index is 2.69. The van der Waals surface area contributed by atoms with E-state index in [1.54, 1.807) is 5.56 Å². The molecule has 2 saturated heterocycles. The lowest BCUT2D eigenvalue weighted by atomic mass is 9.74. The molecule has 0 radical (unpaired) electrons. The summed E-state index contributed by atoms with van der Waals surface area (Å²) in [6, 6.07) is 11.0. The number of hydrogen-bond donors (Lipinski definition) is 0. The first-order valence-corrected chi connectivity index (χ1v) is 7.99. The molecule has 19 heavy (non-hydrogen) atoms. The first-order valence-electron chi connectivity index (χ1n) is 7.99. The van der Waals surface area contributed by atoms with E-state index in [1.165, 1.54) is 37.7 Å². The first kappa shape index (κ1) is 13.2. The van der Waals surface area contributed by atoms with Gasteiger partial charge < -0.3 is 4.90 Å². The number of benzene rings is 1. The molecule has 2 aliphatic rings. The summed E-state index contributed by atoms with van der Waals surface area (Å²) < 4.78 is 0. The van der Waals surface area contributed by atoms with E-state index in [0.29, 0.717) is 0 Å². The molecule has 2 aliphatic heterocycles. The Morgan fingerprint density at radius 2 is 1.89 bits per heavy atom. The van der Waals surface area contributed by atoms with E-state index >= 15 is 0 Å². The van der Waals surface area contributed by atoms with Crippen molar-refractivity contribution in [2.75, 3.05) is 7.05 Å². The molecule has 104 valence electrons.